The Morgan fingerprint density at radius 1 is 1.56 bits per heavy atom. The third-order valence-electron chi connectivity index (χ3n) is 2.47. The van der Waals surface area contributed by atoms with Crippen LogP contribution >= 0.6 is 0 Å². The van der Waals surface area contributed by atoms with E-state index >= 15 is 0 Å². The lowest BCUT2D eigenvalue weighted by Gasteiger charge is -2.11. The van der Waals surface area contributed by atoms with E-state index in [1.54, 1.807) is 0 Å². The number of halogens is 1. The molecule has 1 fully saturated rings. The third kappa shape index (κ3) is 2.30. The molecule has 1 amide bonds. The van der Waals surface area contributed by atoms with Crippen molar-refractivity contribution in [2.24, 2.45) is 0 Å². The molecular weight excluding hydrogens is 211 g/mol. The van der Waals surface area contributed by atoms with Crippen LogP contribution in [-0.4, -0.2) is 18.6 Å². The Hall–Kier alpha value is -1.62. The molecule has 0 aliphatic carbocycles. The number of nitrogen functional groups attached to an aromatic ring is 1. The fourth-order valence-corrected chi connectivity index (χ4v) is 1.63. The minimum Gasteiger partial charge on any atom is -0.399 e. The smallest absolute Gasteiger partial charge is 0.253 e. The fraction of sp³-hybridized carbons (Fsp3) is 0.364. The monoisotopic (exact) mass is 224 g/mol. The molecule has 0 saturated carbocycles. The number of ether oxygens (including phenoxy) is 1. The summed E-state index contributed by atoms with van der Waals surface area (Å²) in [5.41, 5.74) is 5.86. The van der Waals surface area contributed by atoms with Gasteiger partial charge < -0.3 is 15.8 Å². The van der Waals surface area contributed by atoms with Gasteiger partial charge in [0.25, 0.3) is 5.91 Å². The molecule has 0 aromatic heterocycles. The molecule has 1 aliphatic heterocycles. The van der Waals surface area contributed by atoms with Gasteiger partial charge in [-0.25, -0.2) is 4.39 Å². The summed E-state index contributed by atoms with van der Waals surface area (Å²) >= 11 is 0. The van der Waals surface area contributed by atoms with Crippen LogP contribution in [0.4, 0.5) is 15.8 Å². The summed E-state index contributed by atoms with van der Waals surface area (Å²) < 4.78 is 18.6. The van der Waals surface area contributed by atoms with E-state index in [1.807, 2.05) is 0 Å². The summed E-state index contributed by atoms with van der Waals surface area (Å²) in [7, 11) is 0. The van der Waals surface area contributed by atoms with E-state index in [2.05, 4.69) is 5.32 Å². The van der Waals surface area contributed by atoms with E-state index in [0.29, 0.717) is 18.7 Å². The number of hydrogen-bond acceptors (Lipinski definition) is 3. The van der Waals surface area contributed by atoms with Gasteiger partial charge in [0.05, 0.1) is 5.69 Å². The molecule has 0 unspecified atom stereocenters. The maximum absolute atomic E-state index is 13.4. The van der Waals surface area contributed by atoms with Crippen molar-refractivity contribution in [1.82, 2.24) is 0 Å². The number of carbonyl (C=O) groups excluding carboxylic acids is 1. The van der Waals surface area contributed by atoms with Crippen molar-refractivity contribution >= 4 is 17.3 Å². The van der Waals surface area contributed by atoms with Crippen molar-refractivity contribution in [2.45, 2.75) is 18.9 Å². The van der Waals surface area contributed by atoms with E-state index in [9.17, 15) is 9.18 Å². The number of amides is 1. The molecule has 0 bridgehead atoms. The first kappa shape index (κ1) is 10.9. The predicted molar refractivity (Wildman–Crippen MR) is 58.4 cm³/mol. The number of benzene rings is 1. The molecule has 1 aliphatic rings. The van der Waals surface area contributed by atoms with E-state index in [1.165, 1.54) is 18.2 Å². The van der Waals surface area contributed by atoms with Crippen molar-refractivity contribution in [3.05, 3.63) is 24.0 Å². The molecule has 1 aromatic carbocycles. The van der Waals surface area contributed by atoms with Gasteiger partial charge in [0.15, 0.2) is 0 Å². The second-order valence-electron chi connectivity index (χ2n) is 3.73. The molecule has 0 radical (unpaired) electrons. The van der Waals surface area contributed by atoms with Gasteiger partial charge in [-0.05, 0) is 31.0 Å². The van der Waals surface area contributed by atoms with E-state index in [4.69, 9.17) is 10.5 Å². The summed E-state index contributed by atoms with van der Waals surface area (Å²) in [6.07, 6.45) is 1.09. The molecule has 1 atom stereocenters. The van der Waals surface area contributed by atoms with E-state index in [0.717, 1.165) is 6.42 Å². The summed E-state index contributed by atoms with van der Waals surface area (Å²) in [5.74, 6) is -0.840. The molecule has 4 nitrogen and oxygen atoms in total. The number of nitrogens with two attached hydrogens (primary N) is 1. The number of anilines is 2. The van der Waals surface area contributed by atoms with Crippen LogP contribution in [0.2, 0.25) is 0 Å². The van der Waals surface area contributed by atoms with E-state index < -0.39 is 11.9 Å². The Morgan fingerprint density at radius 3 is 3.00 bits per heavy atom. The standard InChI is InChI=1S/C11H13FN2O2/c12-8-6-7(13)3-4-9(8)14-11(15)10-2-1-5-16-10/h3-4,6,10H,1-2,5,13H2,(H,14,15)/t10-/m1/s1. The number of rotatable bonds is 2. The second-order valence-corrected chi connectivity index (χ2v) is 3.73. The quantitative estimate of drug-likeness (QED) is 0.749. The minimum absolute atomic E-state index is 0.134. The largest absolute Gasteiger partial charge is 0.399 e. The molecule has 1 saturated heterocycles. The lowest BCUT2D eigenvalue weighted by Crippen LogP contribution is -2.27. The number of nitrogens with one attached hydrogen (secondary N) is 1. The van der Waals surface area contributed by atoms with Crippen molar-refractivity contribution < 1.29 is 13.9 Å². The first-order valence-electron chi connectivity index (χ1n) is 5.14. The van der Waals surface area contributed by atoms with Crippen molar-refractivity contribution in [2.75, 3.05) is 17.7 Å². The van der Waals surface area contributed by atoms with Crippen LogP contribution in [0, 0.1) is 5.82 Å². The Labute approximate surface area is 92.6 Å². The van der Waals surface area contributed by atoms with Gasteiger partial charge in [-0.15, -0.1) is 0 Å². The zero-order valence-corrected chi connectivity index (χ0v) is 8.70. The molecule has 2 rings (SSSR count). The van der Waals surface area contributed by atoms with Crippen LogP contribution in [-0.2, 0) is 9.53 Å². The molecule has 3 N–H and O–H groups in total. The Balaban J connectivity index is 2.05. The van der Waals surface area contributed by atoms with Crippen LogP contribution in [0.5, 0.6) is 0 Å². The zero-order valence-electron chi connectivity index (χ0n) is 8.70. The molecule has 5 heteroatoms. The molecule has 1 aromatic rings. The van der Waals surface area contributed by atoms with Crippen molar-refractivity contribution in [3.8, 4) is 0 Å². The van der Waals surface area contributed by atoms with Crippen molar-refractivity contribution in [3.63, 3.8) is 0 Å². The zero-order chi connectivity index (χ0) is 11.5. The number of carbonyl (C=O) groups is 1. The van der Waals surface area contributed by atoms with Gasteiger partial charge in [0.1, 0.15) is 11.9 Å². The topological polar surface area (TPSA) is 64.3 Å². The van der Waals surface area contributed by atoms with E-state index in [-0.39, 0.29) is 11.6 Å². The normalized spacial score (nSPS) is 19.7. The average Bonchev–Trinajstić information content (AvgIpc) is 2.75. The molecule has 16 heavy (non-hydrogen) atoms. The van der Waals surface area contributed by atoms with Crippen LogP contribution in [0.25, 0.3) is 0 Å². The highest BCUT2D eigenvalue weighted by Crippen LogP contribution is 2.19. The van der Waals surface area contributed by atoms with Gasteiger partial charge in [-0.3, -0.25) is 4.79 Å². The Morgan fingerprint density at radius 2 is 2.38 bits per heavy atom. The fourth-order valence-electron chi connectivity index (χ4n) is 1.63. The van der Waals surface area contributed by atoms with Gasteiger partial charge in [0.2, 0.25) is 0 Å². The lowest BCUT2D eigenvalue weighted by molar-refractivity contribution is -0.124. The van der Waals surface area contributed by atoms with Gasteiger partial charge >= 0.3 is 0 Å². The summed E-state index contributed by atoms with van der Waals surface area (Å²) in [6.45, 7) is 0.586. The molecular formula is C11H13FN2O2. The van der Waals surface area contributed by atoms with Crippen LogP contribution in [0.15, 0.2) is 18.2 Å². The highest BCUT2D eigenvalue weighted by atomic mass is 19.1. The van der Waals surface area contributed by atoms with Gasteiger partial charge in [-0.2, -0.15) is 0 Å². The Kier molecular flexibility index (Phi) is 3.05. The minimum atomic E-state index is -0.536. The van der Waals surface area contributed by atoms with Crippen LogP contribution in [0.3, 0.4) is 0 Å². The van der Waals surface area contributed by atoms with Crippen molar-refractivity contribution in [1.29, 1.82) is 0 Å². The highest BCUT2D eigenvalue weighted by Gasteiger charge is 2.24. The highest BCUT2D eigenvalue weighted by molar-refractivity contribution is 5.94. The molecule has 0 spiro atoms. The van der Waals surface area contributed by atoms with Crippen LogP contribution < -0.4 is 11.1 Å². The third-order valence-corrected chi connectivity index (χ3v) is 2.47. The predicted octanol–water partition coefficient (Wildman–Crippen LogP) is 1.53. The number of hydrogen-bond donors (Lipinski definition) is 2. The van der Waals surface area contributed by atoms with Crippen LogP contribution in [0.1, 0.15) is 12.8 Å². The first-order chi connectivity index (χ1) is 7.66. The maximum Gasteiger partial charge on any atom is 0.253 e. The maximum atomic E-state index is 13.4. The SMILES string of the molecule is Nc1ccc(NC(=O)[C@H]2CCCO2)c(F)c1. The average molecular weight is 224 g/mol. The molecule has 86 valence electrons. The van der Waals surface area contributed by atoms with Gasteiger partial charge in [-0.1, -0.05) is 0 Å². The van der Waals surface area contributed by atoms with Gasteiger partial charge in [0, 0.05) is 12.3 Å². The summed E-state index contributed by atoms with van der Waals surface area (Å²) in [6, 6.07) is 4.15. The summed E-state index contributed by atoms with van der Waals surface area (Å²) in [4.78, 5) is 11.6. The lowest BCUT2D eigenvalue weighted by atomic mass is 10.2. The Bertz CT molecular complexity index is 403. The summed E-state index contributed by atoms with van der Waals surface area (Å²) in [5, 5.41) is 2.48. The first-order valence-corrected chi connectivity index (χ1v) is 5.14. The molecule has 1 heterocycles. The second kappa shape index (κ2) is 4.49.